The lowest BCUT2D eigenvalue weighted by Gasteiger charge is -2.32. The highest BCUT2D eigenvalue weighted by Crippen LogP contribution is 2.27. The van der Waals surface area contributed by atoms with Crippen molar-refractivity contribution in [2.24, 2.45) is 5.73 Å². The van der Waals surface area contributed by atoms with Crippen LogP contribution < -0.4 is 5.73 Å². The van der Waals surface area contributed by atoms with E-state index in [9.17, 15) is 4.79 Å². The minimum absolute atomic E-state index is 0.0750. The van der Waals surface area contributed by atoms with Gasteiger partial charge in [0.2, 0.25) is 0 Å². The molecule has 3 rings (SSSR count). The van der Waals surface area contributed by atoms with Gasteiger partial charge in [-0.1, -0.05) is 17.9 Å². The molecule has 1 aromatic carbocycles. The zero-order valence-corrected chi connectivity index (χ0v) is 12.3. The lowest BCUT2D eigenvalue weighted by molar-refractivity contribution is -0.0303. The van der Waals surface area contributed by atoms with Crippen LogP contribution in [0.25, 0.3) is 0 Å². The summed E-state index contributed by atoms with van der Waals surface area (Å²) in [6.07, 6.45) is 2.56. The number of ether oxygens (including phenoxy) is 1. The SMILES string of the molecule is Cc1ccc(C(=O)N2CC3CCC(C2)O3)cc1C#CCN. The van der Waals surface area contributed by atoms with Gasteiger partial charge in [-0.05, 0) is 37.5 Å². The second-order valence-corrected chi connectivity index (χ2v) is 5.70. The van der Waals surface area contributed by atoms with Crippen molar-refractivity contribution in [3.8, 4) is 11.8 Å². The number of aryl methyl sites for hydroxylation is 1. The van der Waals surface area contributed by atoms with Gasteiger partial charge < -0.3 is 15.4 Å². The molecule has 2 N–H and O–H groups in total. The van der Waals surface area contributed by atoms with Crippen molar-refractivity contribution >= 4 is 5.91 Å². The normalized spacial score (nSPS) is 23.6. The summed E-state index contributed by atoms with van der Waals surface area (Å²) in [6, 6.07) is 5.70. The number of hydrogen-bond donors (Lipinski definition) is 1. The van der Waals surface area contributed by atoms with E-state index in [1.165, 1.54) is 0 Å². The highest BCUT2D eigenvalue weighted by atomic mass is 16.5. The zero-order valence-electron chi connectivity index (χ0n) is 12.3. The van der Waals surface area contributed by atoms with Gasteiger partial charge in [-0.25, -0.2) is 0 Å². The van der Waals surface area contributed by atoms with E-state index in [4.69, 9.17) is 10.5 Å². The molecule has 2 saturated heterocycles. The minimum Gasteiger partial charge on any atom is -0.371 e. The first-order valence-electron chi connectivity index (χ1n) is 7.41. The van der Waals surface area contributed by atoms with Gasteiger partial charge in [0.1, 0.15) is 0 Å². The maximum atomic E-state index is 12.7. The highest BCUT2D eigenvalue weighted by molar-refractivity contribution is 5.94. The van der Waals surface area contributed by atoms with Gasteiger partial charge in [-0.3, -0.25) is 4.79 Å². The van der Waals surface area contributed by atoms with Gasteiger partial charge in [0, 0.05) is 24.2 Å². The molecular formula is C17H20N2O2. The Morgan fingerprint density at radius 2 is 2.10 bits per heavy atom. The molecule has 2 fully saturated rings. The van der Waals surface area contributed by atoms with E-state index in [2.05, 4.69) is 11.8 Å². The maximum Gasteiger partial charge on any atom is 0.254 e. The summed E-state index contributed by atoms with van der Waals surface area (Å²) in [5.41, 5.74) is 8.06. The second-order valence-electron chi connectivity index (χ2n) is 5.70. The van der Waals surface area contributed by atoms with E-state index in [1.807, 2.05) is 30.0 Å². The van der Waals surface area contributed by atoms with Crippen LogP contribution in [-0.4, -0.2) is 42.6 Å². The largest absolute Gasteiger partial charge is 0.371 e. The van der Waals surface area contributed by atoms with Gasteiger partial charge in [0.05, 0.1) is 18.8 Å². The van der Waals surface area contributed by atoms with E-state index in [1.54, 1.807) is 0 Å². The maximum absolute atomic E-state index is 12.7. The van der Waals surface area contributed by atoms with E-state index in [0.29, 0.717) is 25.2 Å². The number of nitrogens with two attached hydrogens (primary N) is 1. The molecule has 2 bridgehead atoms. The molecule has 2 heterocycles. The number of fused-ring (bicyclic) bond motifs is 2. The Morgan fingerprint density at radius 1 is 1.38 bits per heavy atom. The predicted molar refractivity (Wildman–Crippen MR) is 80.9 cm³/mol. The first-order valence-corrected chi connectivity index (χ1v) is 7.41. The Balaban J connectivity index is 1.81. The predicted octanol–water partition coefficient (Wildman–Crippen LogP) is 1.31. The third-order valence-electron chi connectivity index (χ3n) is 4.14. The van der Waals surface area contributed by atoms with Gasteiger partial charge >= 0.3 is 0 Å². The topological polar surface area (TPSA) is 55.6 Å². The van der Waals surface area contributed by atoms with Crippen molar-refractivity contribution in [1.29, 1.82) is 0 Å². The second kappa shape index (κ2) is 5.88. The number of carbonyl (C=O) groups is 1. The van der Waals surface area contributed by atoms with Gasteiger partial charge in [-0.2, -0.15) is 0 Å². The van der Waals surface area contributed by atoms with Crippen molar-refractivity contribution < 1.29 is 9.53 Å². The van der Waals surface area contributed by atoms with Crippen LogP contribution in [0, 0.1) is 18.8 Å². The Hall–Kier alpha value is -1.83. The van der Waals surface area contributed by atoms with Crippen molar-refractivity contribution in [2.45, 2.75) is 32.0 Å². The van der Waals surface area contributed by atoms with E-state index >= 15 is 0 Å². The average molecular weight is 284 g/mol. The summed E-state index contributed by atoms with van der Waals surface area (Å²) in [4.78, 5) is 14.6. The van der Waals surface area contributed by atoms with E-state index < -0.39 is 0 Å². The Labute approximate surface area is 125 Å². The number of hydrogen-bond acceptors (Lipinski definition) is 3. The third kappa shape index (κ3) is 2.94. The molecular weight excluding hydrogens is 264 g/mol. The van der Waals surface area contributed by atoms with Crippen LogP contribution in [0.3, 0.4) is 0 Å². The third-order valence-corrected chi connectivity index (χ3v) is 4.14. The first-order chi connectivity index (χ1) is 10.2. The number of benzene rings is 1. The molecule has 2 unspecified atom stereocenters. The molecule has 1 amide bonds. The molecule has 0 saturated carbocycles. The summed E-state index contributed by atoms with van der Waals surface area (Å²) in [5, 5.41) is 0. The van der Waals surface area contributed by atoms with Crippen LogP contribution in [0.2, 0.25) is 0 Å². The summed E-state index contributed by atoms with van der Waals surface area (Å²) in [6.45, 7) is 3.72. The Bertz CT molecular complexity index is 603. The number of nitrogens with zero attached hydrogens (tertiary/aromatic N) is 1. The summed E-state index contributed by atoms with van der Waals surface area (Å²) in [7, 11) is 0. The van der Waals surface area contributed by atoms with Crippen LogP contribution in [0.5, 0.6) is 0 Å². The number of carbonyl (C=O) groups excluding carboxylic acids is 1. The molecule has 0 radical (unpaired) electrons. The summed E-state index contributed by atoms with van der Waals surface area (Å²) < 4.78 is 5.78. The molecule has 21 heavy (non-hydrogen) atoms. The molecule has 2 atom stereocenters. The molecule has 1 aromatic rings. The van der Waals surface area contributed by atoms with Crippen molar-refractivity contribution in [2.75, 3.05) is 19.6 Å². The van der Waals surface area contributed by atoms with Crippen molar-refractivity contribution in [3.05, 3.63) is 34.9 Å². The lowest BCUT2D eigenvalue weighted by atomic mass is 10.0. The van der Waals surface area contributed by atoms with Crippen molar-refractivity contribution in [3.63, 3.8) is 0 Å². The smallest absolute Gasteiger partial charge is 0.254 e. The fourth-order valence-corrected chi connectivity index (χ4v) is 3.00. The molecule has 4 heteroatoms. The molecule has 0 aromatic heterocycles. The Kier molecular flexibility index (Phi) is 3.96. The summed E-state index contributed by atoms with van der Waals surface area (Å²) >= 11 is 0. The number of amides is 1. The fourth-order valence-electron chi connectivity index (χ4n) is 3.00. The minimum atomic E-state index is 0.0750. The quantitative estimate of drug-likeness (QED) is 0.791. The molecule has 0 spiro atoms. The van der Waals surface area contributed by atoms with Gasteiger partial charge in [-0.15, -0.1) is 0 Å². The van der Waals surface area contributed by atoms with Gasteiger partial charge in [0.15, 0.2) is 0 Å². The number of morpholine rings is 1. The van der Waals surface area contributed by atoms with Crippen molar-refractivity contribution in [1.82, 2.24) is 4.90 Å². The van der Waals surface area contributed by atoms with Crippen LogP contribution in [0.4, 0.5) is 0 Å². The van der Waals surface area contributed by atoms with Crippen LogP contribution in [-0.2, 0) is 4.74 Å². The molecule has 4 nitrogen and oxygen atoms in total. The standard InChI is InChI=1S/C17H20N2O2/c1-12-4-5-14(9-13(12)3-2-8-18)17(20)19-10-15-6-7-16(11-19)21-15/h4-5,9,15-16H,6-8,10-11,18H2,1H3. The molecule has 110 valence electrons. The zero-order chi connectivity index (χ0) is 14.8. The van der Waals surface area contributed by atoms with Crippen LogP contribution in [0.1, 0.15) is 34.3 Å². The Morgan fingerprint density at radius 3 is 2.76 bits per heavy atom. The first kappa shape index (κ1) is 14.1. The van der Waals surface area contributed by atoms with Gasteiger partial charge in [0.25, 0.3) is 5.91 Å². The lowest BCUT2D eigenvalue weighted by Crippen LogP contribution is -2.45. The summed E-state index contributed by atoms with van der Waals surface area (Å²) in [5.74, 6) is 5.95. The highest BCUT2D eigenvalue weighted by Gasteiger charge is 2.35. The van der Waals surface area contributed by atoms with E-state index in [-0.39, 0.29) is 18.1 Å². The van der Waals surface area contributed by atoms with E-state index in [0.717, 1.165) is 24.0 Å². The average Bonchev–Trinajstić information content (AvgIpc) is 2.84. The van der Waals surface area contributed by atoms with Crippen LogP contribution >= 0.6 is 0 Å². The monoisotopic (exact) mass is 284 g/mol. The number of likely N-dealkylation sites (tertiary alicyclic amines) is 1. The molecule has 2 aliphatic heterocycles. The molecule has 0 aliphatic carbocycles. The van der Waals surface area contributed by atoms with Crippen LogP contribution in [0.15, 0.2) is 18.2 Å². The number of rotatable bonds is 1. The molecule has 2 aliphatic rings. The fraction of sp³-hybridized carbons (Fsp3) is 0.471.